The molecule has 1 rings (SSSR count). The van der Waals surface area contributed by atoms with Crippen molar-refractivity contribution < 1.29 is 4.92 Å². The minimum Gasteiger partial charge on any atom is -0.364 e. The number of hydrogen-bond acceptors (Lipinski definition) is 6. The maximum Gasteiger partial charge on any atom is 0.353 e. The molecule has 1 aromatic heterocycles. The van der Waals surface area contributed by atoms with Gasteiger partial charge in [-0.1, -0.05) is 13.8 Å². The number of anilines is 2. The summed E-state index contributed by atoms with van der Waals surface area (Å²) in [5.74, 6) is 0.689. The molecule has 0 unspecified atom stereocenters. The van der Waals surface area contributed by atoms with E-state index in [1.54, 1.807) is 0 Å². The first kappa shape index (κ1) is 15.1. The Hall–Kier alpha value is -1.92. The van der Waals surface area contributed by atoms with Crippen molar-refractivity contribution in [2.24, 2.45) is 0 Å². The summed E-state index contributed by atoms with van der Waals surface area (Å²) in [6, 6.07) is 0. The number of nitrogens with one attached hydrogen (secondary N) is 1. The van der Waals surface area contributed by atoms with Gasteiger partial charge >= 0.3 is 5.69 Å². The van der Waals surface area contributed by atoms with Gasteiger partial charge in [0.25, 0.3) is 0 Å². The average Bonchev–Trinajstić information content (AvgIpc) is 2.41. The predicted octanol–water partition coefficient (Wildman–Crippen LogP) is 2.44. The van der Waals surface area contributed by atoms with Gasteiger partial charge in [0.2, 0.25) is 11.6 Å². The van der Waals surface area contributed by atoms with Crippen molar-refractivity contribution in [2.75, 3.05) is 29.9 Å². The van der Waals surface area contributed by atoms with E-state index in [4.69, 9.17) is 0 Å². The van der Waals surface area contributed by atoms with Crippen molar-refractivity contribution in [3.05, 3.63) is 16.4 Å². The van der Waals surface area contributed by atoms with E-state index in [1.807, 2.05) is 25.7 Å². The Bertz CT molecular complexity index is 425. The van der Waals surface area contributed by atoms with Crippen LogP contribution >= 0.6 is 0 Å². The third-order valence-corrected chi connectivity index (χ3v) is 2.70. The molecule has 1 N–H and O–H groups in total. The Kier molecular flexibility index (Phi) is 5.98. The highest BCUT2D eigenvalue weighted by molar-refractivity contribution is 5.70. The third-order valence-electron chi connectivity index (χ3n) is 2.70. The second kappa shape index (κ2) is 7.50. The van der Waals surface area contributed by atoms with Gasteiger partial charge in [-0.3, -0.25) is 10.1 Å². The topological polar surface area (TPSA) is 84.2 Å². The summed E-state index contributed by atoms with van der Waals surface area (Å²) in [5.41, 5.74) is -0.0359. The van der Waals surface area contributed by atoms with E-state index in [2.05, 4.69) is 15.3 Å². The number of nitro groups is 1. The van der Waals surface area contributed by atoms with Crippen molar-refractivity contribution in [1.29, 1.82) is 0 Å². The summed E-state index contributed by atoms with van der Waals surface area (Å²) in [6.45, 7) is 8.06. The second-order valence-electron chi connectivity index (χ2n) is 4.16. The van der Waals surface area contributed by atoms with Crippen molar-refractivity contribution >= 4 is 17.3 Å². The van der Waals surface area contributed by atoms with Crippen LogP contribution < -0.4 is 10.2 Å². The largest absolute Gasteiger partial charge is 0.364 e. The van der Waals surface area contributed by atoms with Crippen LogP contribution in [0.1, 0.15) is 33.6 Å². The zero-order valence-corrected chi connectivity index (χ0v) is 11.7. The van der Waals surface area contributed by atoms with Gasteiger partial charge in [-0.15, -0.1) is 0 Å². The van der Waals surface area contributed by atoms with Crippen LogP contribution in [0.15, 0.2) is 6.33 Å². The van der Waals surface area contributed by atoms with Crippen LogP contribution in [-0.4, -0.2) is 34.5 Å². The van der Waals surface area contributed by atoms with Gasteiger partial charge in [0.1, 0.15) is 6.33 Å². The van der Waals surface area contributed by atoms with Crippen LogP contribution in [0, 0.1) is 10.1 Å². The van der Waals surface area contributed by atoms with Crippen LogP contribution in [0.2, 0.25) is 0 Å². The molecule has 19 heavy (non-hydrogen) atoms. The molecule has 0 aliphatic rings. The molecule has 0 saturated carbocycles. The molecule has 0 saturated heterocycles. The molecule has 1 heterocycles. The Morgan fingerprint density at radius 1 is 1.32 bits per heavy atom. The van der Waals surface area contributed by atoms with E-state index in [9.17, 15) is 10.1 Å². The molecule has 0 fully saturated rings. The van der Waals surface area contributed by atoms with E-state index < -0.39 is 4.92 Å². The van der Waals surface area contributed by atoms with Crippen LogP contribution in [0.25, 0.3) is 0 Å². The Labute approximate surface area is 113 Å². The maximum absolute atomic E-state index is 11.3. The fourth-order valence-corrected chi connectivity index (χ4v) is 1.83. The molecule has 0 amide bonds. The van der Waals surface area contributed by atoms with E-state index in [-0.39, 0.29) is 5.69 Å². The van der Waals surface area contributed by atoms with E-state index in [0.717, 1.165) is 19.4 Å². The normalized spacial score (nSPS) is 10.3. The summed E-state index contributed by atoms with van der Waals surface area (Å²) in [7, 11) is 0. The standard InChI is InChI=1S/C12H21N5O2/c1-4-7-13-11-10(17(18)19)12(15-9-14-11)16(6-3)8-5-2/h9H,4-8H2,1-3H3,(H,13,14,15). The van der Waals surface area contributed by atoms with Gasteiger partial charge in [-0.25, -0.2) is 9.97 Å². The van der Waals surface area contributed by atoms with Gasteiger partial charge in [0.05, 0.1) is 4.92 Å². The molecule has 106 valence electrons. The molecule has 0 bridgehead atoms. The van der Waals surface area contributed by atoms with Crippen molar-refractivity contribution in [2.45, 2.75) is 33.6 Å². The number of aromatic nitrogens is 2. The molecular weight excluding hydrogens is 246 g/mol. The molecule has 7 nitrogen and oxygen atoms in total. The molecule has 0 aromatic carbocycles. The van der Waals surface area contributed by atoms with Gasteiger partial charge < -0.3 is 10.2 Å². The Balaban J connectivity index is 3.18. The minimum absolute atomic E-state index is 0.0359. The van der Waals surface area contributed by atoms with Crippen LogP contribution in [0.3, 0.4) is 0 Å². The third kappa shape index (κ3) is 3.77. The molecule has 0 spiro atoms. The molecule has 1 aromatic rings. The van der Waals surface area contributed by atoms with E-state index >= 15 is 0 Å². The van der Waals surface area contributed by atoms with Crippen molar-refractivity contribution in [1.82, 2.24) is 9.97 Å². The molecule has 0 aliphatic carbocycles. The molecule has 7 heteroatoms. The fourth-order valence-electron chi connectivity index (χ4n) is 1.83. The average molecular weight is 267 g/mol. The van der Waals surface area contributed by atoms with Gasteiger partial charge in [-0.2, -0.15) is 0 Å². The first-order valence-electron chi connectivity index (χ1n) is 6.63. The first-order valence-corrected chi connectivity index (χ1v) is 6.63. The molecular formula is C12H21N5O2. The highest BCUT2D eigenvalue weighted by Crippen LogP contribution is 2.31. The Morgan fingerprint density at radius 3 is 2.58 bits per heavy atom. The maximum atomic E-state index is 11.3. The monoisotopic (exact) mass is 267 g/mol. The fraction of sp³-hybridized carbons (Fsp3) is 0.667. The summed E-state index contributed by atoms with van der Waals surface area (Å²) in [4.78, 5) is 20.9. The summed E-state index contributed by atoms with van der Waals surface area (Å²) in [5, 5.41) is 14.3. The number of nitrogens with zero attached hydrogens (tertiary/aromatic N) is 4. The molecule has 0 aliphatic heterocycles. The summed E-state index contributed by atoms with van der Waals surface area (Å²) < 4.78 is 0. The van der Waals surface area contributed by atoms with E-state index in [1.165, 1.54) is 6.33 Å². The van der Waals surface area contributed by atoms with Crippen molar-refractivity contribution in [3.8, 4) is 0 Å². The van der Waals surface area contributed by atoms with Crippen LogP contribution in [-0.2, 0) is 0 Å². The number of rotatable bonds is 8. The lowest BCUT2D eigenvalue weighted by Gasteiger charge is -2.21. The van der Waals surface area contributed by atoms with E-state index in [0.29, 0.717) is 24.7 Å². The van der Waals surface area contributed by atoms with Crippen LogP contribution in [0.4, 0.5) is 17.3 Å². The SMILES string of the molecule is CCCNc1ncnc(N(CC)CCC)c1[N+](=O)[O-]. The lowest BCUT2D eigenvalue weighted by Crippen LogP contribution is -2.26. The lowest BCUT2D eigenvalue weighted by molar-refractivity contribution is -0.383. The molecule has 0 atom stereocenters. The van der Waals surface area contributed by atoms with Gasteiger partial charge in [0, 0.05) is 19.6 Å². The Morgan fingerprint density at radius 2 is 2.05 bits per heavy atom. The zero-order chi connectivity index (χ0) is 14.3. The predicted molar refractivity (Wildman–Crippen MR) is 75.6 cm³/mol. The van der Waals surface area contributed by atoms with Gasteiger partial charge in [0.15, 0.2) is 0 Å². The minimum atomic E-state index is -0.411. The van der Waals surface area contributed by atoms with Crippen molar-refractivity contribution in [3.63, 3.8) is 0 Å². The summed E-state index contributed by atoms with van der Waals surface area (Å²) in [6.07, 6.45) is 3.16. The first-order chi connectivity index (χ1) is 9.15. The molecule has 0 radical (unpaired) electrons. The second-order valence-corrected chi connectivity index (χ2v) is 4.16. The highest BCUT2D eigenvalue weighted by atomic mass is 16.6. The quantitative estimate of drug-likeness (QED) is 0.575. The smallest absolute Gasteiger partial charge is 0.353 e. The van der Waals surface area contributed by atoms with Crippen LogP contribution in [0.5, 0.6) is 0 Å². The highest BCUT2D eigenvalue weighted by Gasteiger charge is 2.25. The summed E-state index contributed by atoms with van der Waals surface area (Å²) >= 11 is 0. The zero-order valence-electron chi connectivity index (χ0n) is 11.7. The van der Waals surface area contributed by atoms with Gasteiger partial charge in [-0.05, 0) is 19.8 Å². The number of hydrogen-bond donors (Lipinski definition) is 1. The lowest BCUT2D eigenvalue weighted by atomic mass is 10.3.